The van der Waals surface area contributed by atoms with Crippen molar-refractivity contribution in [3.05, 3.63) is 59.1 Å². The molecular formula is C11H9ClN2O. The summed E-state index contributed by atoms with van der Waals surface area (Å²) in [4.78, 5) is 7.93. The van der Waals surface area contributed by atoms with Gasteiger partial charge in [-0.25, -0.2) is 0 Å². The van der Waals surface area contributed by atoms with Crippen molar-refractivity contribution in [3.63, 3.8) is 0 Å². The molecular weight excluding hydrogens is 212 g/mol. The number of aliphatic hydroxyl groups excluding tert-OH is 1. The summed E-state index contributed by atoms with van der Waals surface area (Å²) in [5.74, 6) is 0. The molecule has 0 aliphatic rings. The van der Waals surface area contributed by atoms with Gasteiger partial charge < -0.3 is 5.11 Å². The standard InChI is InChI=1S/C11H9ClN2O/c12-9-3-1-8(2-4-9)11(15)10-7-13-5-6-14-10/h1-7,11,15H. The van der Waals surface area contributed by atoms with Crippen LogP contribution in [0.25, 0.3) is 0 Å². The Kier molecular flexibility index (Phi) is 2.94. The fraction of sp³-hybridized carbons (Fsp3) is 0.0909. The van der Waals surface area contributed by atoms with E-state index in [-0.39, 0.29) is 0 Å². The summed E-state index contributed by atoms with van der Waals surface area (Å²) in [6, 6.07) is 7.00. The molecule has 1 aromatic carbocycles. The summed E-state index contributed by atoms with van der Waals surface area (Å²) >= 11 is 5.75. The molecule has 1 atom stereocenters. The summed E-state index contributed by atoms with van der Waals surface area (Å²) in [6.45, 7) is 0. The highest BCUT2D eigenvalue weighted by Gasteiger charge is 2.10. The third kappa shape index (κ3) is 2.32. The fourth-order valence-electron chi connectivity index (χ4n) is 1.27. The van der Waals surface area contributed by atoms with E-state index in [0.29, 0.717) is 10.7 Å². The lowest BCUT2D eigenvalue weighted by atomic mass is 10.1. The maximum absolute atomic E-state index is 9.94. The number of benzene rings is 1. The molecule has 2 rings (SSSR count). The van der Waals surface area contributed by atoms with E-state index >= 15 is 0 Å². The second-order valence-electron chi connectivity index (χ2n) is 3.08. The first-order valence-electron chi connectivity index (χ1n) is 4.47. The Morgan fingerprint density at radius 1 is 1.13 bits per heavy atom. The maximum atomic E-state index is 9.94. The van der Waals surface area contributed by atoms with Crippen molar-refractivity contribution in [2.24, 2.45) is 0 Å². The molecule has 0 radical (unpaired) electrons. The molecule has 76 valence electrons. The number of hydrogen-bond acceptors (Lipinski definition) is 3. The number of aromatic nitrogens is 2. The Morgan fingerprint density at radius 2 is 1.87 bits per heavy atom. The van der Waals surface area contributed by atoms with E-state index < -0.39 is 6.10 Å². The Morgan fingerprint density at radius 3 is 2.47 bits per heavy atom. The molecule has 0 aliphatic carbocycles. The first-order valence-corrected chi connectivity index (χ1v) is 4.84. The zero-order valence-corrected chi connectivity index (χ0v) is 8.59. The van der Waals surface area contributed by atoms with Crippen LogP contribution in [0.1, 0.15) is 17.4 Å². The normalized spacial score (nSPS) is 12.4. The van der Waals surface area contributed by atoms with Gasteiger partial charge in [-0.3, -0.25) is 9.97 Å². The largest absolute Gasteiger partial charge is 0.382 e. The van der Waals surface area contributed by atoms with Crippen LogP contribution < -0.4 is 0 Å². The average molecular weight is 221 g/mol. The molecule has 1 aromatic heterocycles. The molecule has 4 heteroatoms. The van der Waals surface area contributed by atoms with Crippen molar-refractivity contribution in [2.75, 3.05) is 0 Å². The molecule has 0 amide bonds. The van der Waals surface area contributed by atoms with Crippen LogP contribution >= 0.6 is 11.6 Å². The van der Waals surface area contributed by atoms with E-state index in [1.165, 1.54) is 0 Å². The van der Waals surface area contributed by atoms with Crippen LogP contribution in [0.5, 0.6) is 0 Å². The van der Waals surface area contributed by atoms with Crippen LogP contribution in [-0.2, 0) is 0 Å². The molecule has 15 heavy (non-hydrogen) atoms. The number of hydrogen-bond donors (Lipinski definition) is 1. The minimum absolute atomic E-state index is 0.528. The van der Waals surface area contributed by atoms with Crippen molar-refractivity contribution in [3.8, 4) is 0 Å². The summed E-state index contributed by atoms with van der Waals surface area (Å²) in [7, 11) is 0. The molecule has 0 saturated heterocycles. The molecule has 3 nitrogen and oxygen atoms in total. The van der Waals surface area contributed by atoms with Gasteiger partial charge in [-0.05, 0) is 17.7 Å². The zero-order chi connectivity index (χ0) is 10.7. The summed E-state index contributed by atoms with van der Waals surface area (Å²) in [5, 5.41) is 10.6. The monoisotopic (exact) mass is 220 g/mol. The predicted octanol–water partition coefficient (Wildman–Crippen LogP) is 2.21. The Balaban J connectivity index is 2.29. The average Bonchev–Trinajstić information content (AvgIpc) is 2.30. The van der Waals surface area contributed by atoms with Gasteiger partial charge in [-0.1, -0.05) is 23.7 Å². The van der Waals surface area contributed by atoms with Crippen LogP contribution in [0.2, 0.25) is 5.02 Å². The van der Waals surface area contributed by atoms with E-state index in [2.05, 4.69) is 9.97 Å². The first-order chi connectivity index (χ1) is 7.27. The van der Waals surface area contributed by atoms with Crippen molar-refractivity contribution < 1.29 is 5.11 Å². The molecule has 2 aromatic rings. The van der Waals surface area contributed by atoms with Gasteiger partial charge in [0.05, 0.1) is 11.9 Å². The van der Waals surface area contributed by atoms with E-state index in [1.54, 1.807) is 42.9 Å². The maximum Gasteiger partial charge on any atom is 0.123 e. The molecule has 0 fully saturated rings. The van der Waals surface area contributed by atoms with Crippen LogP contribution in [0.3, 0.4) is 0 Å². The van der Waals surface area contributed by atoms with Crippen molar-refractivity contribution in [1.29, 1.82) is 0 Å². The lowest BCUT2D eigenvalue weighted by Gasteiger charge is -2.09. The number of nitrogens with zero attached hydrogens (tertiary/aromatic N) is 2. The zero-order valence-electron chi connectivity index (χ0n) is 7.84. The van der Waals surface area contributed by atoms with Crippen molar-refractivity contribution in [2.45, 2.75) is 6.10 Å². The Hall–Kier alpha value is -1.45. The lowest BCUT2D eigenvalue weighted by Crippen LogP contribution is -2.02. The highest BCUT2D eigenvalue weighted by atomic mass is 35.5. The third-order valence-corrected chi connectivity index (χ3v) is 2.30. The molecule has 1 heterocycles. The topological polar surface area (TPSA) is 46.0 Å². The fourth-order valence-corrected chi connectivity index (χ4v) is 1.39. The highest BCUT2D eigenvalue weighted by Crippen LogP contribution is 2.20. The molecule has 0 bridgehead atoms. The van der Waals surface area contributed by atoms with Crippen molar-refractivity contribution in [1.82, 2.24) is 9.97 Å². The second kappa shape index (κ2) is 4.38. The smallest absolute Gasteiger partial charge is 0.123 e. The number of rotatable bonds is 2. The molecule has 0 saturated carbocycles. The van der Waals surface area contributed by atoms with Crippen LogP contribution in [-0.4, -0.2) is 15.1 Å². The minimum atomic E-state index is -0.754. The number of halogens is 1. The first kappa shape index (κ1) is 10.1. The van der Waals surface area contributed by atoms with Crippen LogP contribution in [0, 0.1) is 0 Å². The van der Waals surface area contributed by atoms with Gasteiger partial charge in [0.25, 0.3) is 0 Å². The summed E-state index contributed by atoms with van der Waals surface area (Å²) < 4.78 is 0. The molecule has 1 unspecified atom stereocenters. The van der Waals surface area contributed by atoms with Gasteiger partial charge in [0, 0.05) is 17.4 Å². The number of aliphatic hydroxyl groups is 1. The quantitative estimate of drug-likeness (QED) is 0.844. The van der Waals surface area contributed by atoms with Crippen LogP contribution in [0.4, 0.5) is 0 Å². The summed E-state index contributed by atoms with van der Waals surface area (Å²) in [6.07, 6.45) is 3.90. The van der Waals surface area contributed by atoms with Gasteiger partial charge in [-0.2, -0.15) is 0 Å². The van der Waals surface area contributed by atoms with Gasteiger partial charge >= 0.3 is 0 Å². The van der Waals surface area contributed by atoms with Crippen molar-refractivity contribution >= 4 is 11.6 Å². The second-order valence-corrected chi connectivity index (χ2v) is 3.52. The minimum Gasteiger partial charge on any atom is -0.382 e. The Labute approximate surface area is 92.4 Å². The predicted molar refractivity (Wildman–Crippen MR) is 57.5 cm³/mol. The summed E-state index contributed by atoms with van der Waals surface area (Å²) in [5.41, 5.74) is 1.28. The van der Waals surface area contributed by atoms with E-state index in [0.717, 1.165) is 5.56 Å². The van der Waals surface area contributed by atoms with Gasteiger partial charge in [0.1, 0.15) is 6.10 Å². The van der Waals surface area contributed by atoms with E-state index in [9.17, 15) is 5.11 Å². The van der Waals surface area contributed by atoms with Gasteiger partial charge in [-0.15, -0.1) is 0 Å². The molecule has 1 N–H and O–H groups in total. The van der Waals surface area contributed by atoms with Gasteiger partial charge in [0.15, 0.2) is 0 Å². The molecule has 0 aliphatic heterocycles. The third-order valence-electron chi connectivity index (χ3n) is 2.05. The van der Waals surface area contributed by atoms with Crippen LogP contribution in [0.15, 0.2) is 42.9 Å². The molecule has 0 spiro atoms. The Bertz CT molecular complexity index is 430. The van der Waals surface area contributed by atoms with Gasteiger partial charge in [0.2, 0.25) is 0 Å². The van der Waals surface area contributed by atoms with E-state index in [1.807, 2.05) is 0 Å². The van der Waals surface area contributed by atoms with E-state index in [4.69, 9.17) is 11.6 Å². The lowest BCUT2D eigenvalue weighted by molar-refractivity contribution is 0.215. The SMILES string of the molecule is OC(c1ccc(Cl)cc1)c1cnccn1. The highest BCUT2D eigenvalue weighted by molar-refractivity contribution is 6.30.